The zero-order valence-corrected chi connectivity index (χ0v) is 17.1. The normalized spacial score (nSPS) is 10.4. The first-order valence-electron chi connectivity index (χ1n) is 9.72. The zero-order chi connectivity index (χ0) is 20.8. The quantitative estimate of drug-likeness (QED) is 0.337. The number of amides is 1. The van der Waals surface area contributed by atoms with Crippen LogP contribution in [0.3, 0.4) is 0 Å². The van der Waals surface area contributed by atoms with Crippen LogP contribution in [0, 0.1) is 0 Å². The van der Waals surface area contributed by atoms with Gasteiger partial charge in [0, 0.05) is 16.8 Å². The standard InChI is InChI=1S/C26H21ClN2O/c27-18-25(30)28-24-17-9-15-22(20-12-5-2-6-13-20)26(24)29-23-16-8-7-14-21(23)19-10-3-1-4-11-19/h1-17,29H,18H2,(H,28,30). The van der Waals surface area contributed by atoms with Crippen LogP contribution in [-0.4, -0.2) is 11.8 Å². The SMILES string of the molecule is O=C(CCl)Nc1cccc(-c2ccccc2)c1Nc1ccccc1-c1ccccc1. The first kappa shape index (κ1) is 19.7. The molecule has 2 N–H and O–H groups in total. The van der Waals surface area contributed by atoms with E-state index in [1.54, 1.807) is 0 Å². The van der Waals surface area contributed by atoms with E-state index in [2.05, 4.69) is 41.0 Å². The second-order valence-corrected chi connectivity index (χ2v) is 7.08. The van der Waals surface area contributed by atoms with Gasteiger partial charge in [-0.05, 0) is 23.3 Å². The molecule has 0 spiro atoms. The van der Waals surface area contributed by atoms with E-state index in [0.717, 1.165) is 33.6 Å². The molecule has 0 saturated carbocycles. The van der Waals surface area contributed by atoms with Crippen LogP contribution < -0.4 is 10.6 Å². The highest BCUT2D eigenvalue weighted by Gasteiger charge is 2.14. The molecule has 30 heavy (non-hydrogen) atoms. The van der Waals surface area contributed by atoms with Crippen LogP contribution in [0.5, 0.6) is 0 Å². The lowest BCUT2D eigenvalue weighted by Gasteiger charge is -2.19. The van der Waals surface area contributed by atoms with Crippen LogP contribution in [-0.2, 0) is 4.79 Å². The van der Waals surface area contributed by atoms with Gasteiger partial charge in [0.25, 0.3) is 0 Å². The van der Waals surface area contributed by atoms with Crippen LogP contribution in [0.2, 0.25) is 0 Å². The summed E-state index contributed by atoms with van der Waals surface area (Å²) in [5, 5.41) is 6.49. The molecular formula is C26H21ClN2O. The minimum absolute atomic E-state index is 0.102. The first-order valence-corrected chi connectivity index (χ1v) is 10.3. The lowest BCUT2D eigenvalue weighted by Crippen LogP contribution is -2.14. The van der Waals surface area contributed by atoms with Crippen molar-refractivity contribution in [3.8, 4) is 22.3 Å². The smallest absolute Gasteiger partial charge is 0.239 e. The maximum atomic E-state index is 12.1. The number of nitrogens with one attached hydrogen (secondary N) is 2. The van der Waals surface area contributed by atoms with E-state index >= 15 is 0 Å². The van der Waals surface area contributed by atoms with E-state index in [9.17, 15) is 4.79 Å². The van der Waals surface area contributed by atoms with Crippen molar-refractivity contribution in [3.05, 3.63) is 103 Å². The minimum atomic E-state index is -0.249. The predicted molar refractivity (Wildman–Crippen MR) is 126 cm³/mol. The molecule has 0 aromatic heterocycles. The molecule has 0 unspecified atom stereocenters. The summed E-state index contributed by atoms with van der Waals surface area (Å²) in [5.74, 6) is -0.350. The summed E-state index contributed by atoms with van der Waals surface area (Å²) >= 11 is 5.74. The molecule has 4 rings (SSSR count). The average molecular weight is 413 g/mol. The Morgan fingerprint density at radius 3 is 1.83 bits per heavy atom. The highest BCUT2D eigenvalue weighted by atomic mass is 35.5. The number of carbonyl (C=O) groups is 1. The van der Waals surface area contributed by atoms with Crippen molar-refractivity contribution in [1.82, 2.24) is 0 Å². The Hall–Kier alpha value is -3.56. The molecule has 0 aliphatic rings. The highest BCUT2D eigenvalue weighted by Crippen LogP contribution is 2.39. The van der Waals surface area contributed by atoms with Crippen molar-refractivity contribution >= 4 is 34.6 Å². The number of rotatable bonds is 6. The fourth-order valence-corrected chi connectivity index (χ4v) is 3.50. The molecule has 0 heterocycles. The van der Waals surface area contributed by atoms with Gasteiger partial charge in [-0.3, -0.25) is 4.79 Å². The van der Waals surface area contributed by atoms with Gasteiger partial charge in [0.1, 0.15) is 5.88 Å². The Bertz CT molecular complexity index is 1140. The average Bonchev–Trinajstić information content (AvgIpc) is 2.81. The lowest BCUT2D eigenvalue weighted by molar-refractivity contribution is -0.113. The molecular weight excluding hydrogens is 392 g/mol. The number of hydrogen-bond acceptors (Lipinski definition) is 2. The topological polar surface area (TPSA) is 41.1 Å². The molecule has 0 fully saturated rings. The number of para-hydroxylation sites is 2. The fourth-order valence-electron chi connectivity index (χ4n) is 3.43. The van der Waals surface area contributed by atoms with Crippen molar-refractivity contribution in [2.75, 3.05) is 16.5 Å². The van der Waals surface area contributed by atoms with Gasteiger partial charge in [0.15, 0.2) is 0 Å². The van der Waals surface area contributed by atoms with Gasteiger partial charge in [0.05, 0.1) is 11.4 Å². The summed E-state index contributed by atoms with van der Waals surface area (Å²) in [4.78, 5) is 12.1. The zero-order valence-electron chi connectivity index (χ0n) is 16.3. The largest absolute Gasteiger partial charge is 0.353 e. The van der Waals surface area contributed by atoms with E-state index in [1.807, 2.05) is 72.8 Å². The summed E-state index contributed by atoms with van der Waals surface area (Å²) in [6, 6.07) is 34.3. The Labute approximate surface area is 181 Å². The first-order chi connectivity index (χ1) is 14.8. The summed E-state index contributed by atoms with van der Waals surface area (Å²) in [5.41, 5.74) is 6.70. The number of benzene rings is 4. The van der Waals surface area contributed by atoms with E-state index in [0.29, 0.717) is 5.69 Å². The number of carbonyl (C=O) groups excluding carboxylic acids is 1. The van der Waals surface area contributed by atoms with Crippen molar-refractivity contribution < 1.29 is 4.79 Å². The van der Waals surface area contributed by atoms with E-state index in [4.69, 9.17) is 11.6 Å². The van der Waals surface area contributed by atoms with Crippen molar-refractivity contribution in [3.63, 3.8) is 0 Å². The highest BCUT2D eigenvalue weighted by molar-refractivity contribution is 6.29. The van der Waals surface area contributed by atoms with E-state index < -0.39 is 0 Å². The second-order valence-electron chi connectivity index (χ2n) is 6.81. The summed E-state index contributed by atoms with van der Waals surface area (Å²) < 4.78 is 0. The van der Waals surface area contributed by atoms with Gasteiger partial charge >= 0.3 is 0 Å². The monoisotopic (exact) mass is 412 g/mol. The number of alkyl halides is 1. The number of hydrogen-bond donors (Lipinski definition) is 2. The number of anilines is 3. The van der Waals surface area contributed by atoms with Gasteiger partial charge in [-0.2, -0.15) is 0 Å². The van der Waals surface area contributed by atoms with Crippen LogP contribution in [0.1, 0.15) is 0 Å². The van der Waals surface area contributed by atoms with Crippen molar-refractivity contribution in [1.29, 1.82) is 0 Å². The Morgan fingerprint density at radius 1 is 0.633 bits per heavy atom. The van der Waals surface area contributed by atoms with Gasteiger partial charge < -0.3 is 10.6 Å². The van der Waals surface area contributed by atoms with Crippen LogP contribution in [0.15, 0.2) is 103 Å². The Morgan fingerprint density at radius 2 is 1.17 bits per heavy atom. The molecule has 4 heteroatoms. The second kappa shape index (κ2) is 9.29. The molecule has 0 saturated heterocycles. The van der Waals surface area contributed by atoms with Crippen LogP contribution >= 0.6 is 11.6 Å². The molecule has 0 bridgehead atoms. The van der Waals surface area contributed by atoms with Gasteiger partial charge in [-0.1, -0.05) is 91.0 Å². The molecule has 148 valence electrons. The molecule has 1 amide bonds. The number of halogens is 1. The third kappa shape index (κ3) is 4.37. The Kier molecular flexibility index (Phi) is 6.11. The van der Waals surface area contributed by atoms with E-state index in [1.165, 1.54) is 0 Å². The molecule has 0 aliphatic heterocycles. The predicted octanol–water partition coefficient (Wildman–Crippen LogP) is 6.94. The molecule has 4 aromatic rings. The third-order valence-electron chi connectivity index (χ3n) is 4.82. The molecule has 0 atom stereocenters. The van der Waals surface area contributed by atoms with Gasteiger partial charge in [-0.15, -0.1) is 11.6 Å². The third-order valence-corrected chi connectivity index (χ3v) is 5.06. The molecule has 4 aromatic carbocycles. The summed E-state index contributed by atoms with van der Waals surface area (Å²) in [6.07, 6.45) is 0. The molecule has 0 aliphatic carbocycles. The maximum absolute atomic E-state index is 12.1. The van der Waals surface area contributed by atoms with Gasteiger partial charge in [-0.25, -0.2) is 0 Å². The van der Waals surface area contributed by atoms with Crippen LogP contribution in [0.25, 0.3) is 22.3 Å². The molecule has 3 nitrogen and oxygen atoms in total. The van der Waals surface area contributed by atoms with Crippen molar-refractivity contribution in [2.24, 2.45) is 0 Å². The minimum Gasteiger partial charge on any atom is -0.353 e. The lowest BCUT2D eigenvalue weighted by atomic mass is 10.00. The molecule has 0 radical (unpaired) electrons. The van der Waals surface area contributed by atoms with Crippen molar-refractivity contribution in [2.45, 2.75) is 0 Å². The summed E-state index contributed by atoms with van der Waals surface area (Å²) in [7, 11) is 0. The fraction of sp³-hybridized carbons (Fsp3) is 0.0385. The van der Waals surface area contributed by atoms with E-state index in [-0.39, 0.29) is 11.8 Å². The van der Waals surface area contributed by atoms with Gasteiger partial charge in [0.2, 0.25) is 5.91 Å². The Balaban J connectivity index is 1.83. The van der Waals surface area contributed by atoms with Crippen LogP contribution in [0.4, 0.5) is 17.1 Å². The maximum Gasteiger partial charge on any atom is 0.239 e. The summed E-state index contributed by atoms with van der Waals surface area (Å²) in [6.45, 7) is 0.